The van der Waals surface area contributed by atoms with Gasteiger partial charge in [-0.3, -0.25) is 4.99 Å². The summed E-state index contributed by atoms with van der Waals surface area (Å²) in [6, 6.07) is 6.76. The minimum absolute atomic E-state index is 0.590. The van der Waals surface area contributed by atoms with E-state index in [4.69, 9.17) is 9.98 Å². The van der Waals surface area contributed by atoms with E-state index in [-0.39, 0.29) is 0 Å². The zero-order chi connectivity index (χ0) is 16.7. The highest BCUT2D eigenvalue weighted by molar-refractivity contribution is 7.18. The Bertz CT molecular complexity index is 753. The number of benzene rings is 1. The van der Waals surface area contributed by atoms with Gasteiger partial charge in [0, 0.05) is 31.3 Å². The first kappa shape index (κ1) is 16.2. The Morgan fingerprint density at radius 2 is 2.04 bits per heavy atom. The molecular weight excluding hydrogens is 314 g/mol. The van der Waals surface area contributed by atoms with Gasteiger partial charge < -0.3 is 4.90 Å². The average molecular weight is 342 g/mol. The van der Waals surface area contributed by atoms with Crippen LogP contribution in [0.2, 0.25) is 0 Å². The Labute approximate surface area is 148 Å². The molecule has 0 N–H and O–H groups in total. The summed E-state index contributed by atoms with van der Waals surface area (Å²) < 4.78 is 1.32. The van der Waals surface area contributed by atoms with Crippen LogP contribution in [0, 0.1) is 11.8 Å². The SMILES string of the molecule is CC1CC(c2nc3cc(C4=NC[C@@H](C)CC4)ccc3s2)CN(C)C1. The van der Waals surface area contributed by atoms with Gasteiger partial charge in [0.1, 0.15) is 0 Å². The monoisotopic (exact) mass is 341 g/mol. The van der Waals surface area contributed by atoms with Crippen molar-refractivity contribution in [1.82, 2.24) is 9.88 Å². The van der Waals surface area contributed by atoms with E-state index in [1.807, 2.05) is 11.3 Å². The minimum Gasteiger partial charge on any atom is -0.305 e. The number of hydrogen-bond acceptors (Lipinski definition) is 4. The normalized spacial score (nSPS) is 29.0. The molecule has 24 heavy (non-hydrogen) atoms. The van der Waals surface area contributed by atoms with Crippen molar-refractivity contribution in [2.45, 2.75) is 39.0 Å². The number of nitrogens with zero attached hydrogens (tertiary/aromatic N) is 3. The van der Waals surface area contributed by atoms with Crippen molar-refractivity contribution < 1.29 is 0 Å². The topological polar surface area (TPSA) is 28.5 Å². The summed E-state index contributed by atoms with van der Waals surface area (Å²) in [5.41, 5.74) is 3.71. The lowest BCUT2D eigenvalue weighted by Gasteiger charge is -2.32. The maximum Gasteiger partial charge on any atom is 0.0982 e. The Morgan fingerprint density at radius 3 is 2.79 bits per heavy atom. The number of rotatable bonds is 2. The molecule has 0 amide bonds. The molecule has 3 atom stereocenters. The van der Waals surface area contributed by atoms with E-state index >= 15 is 0 Å². The third-order valence-corrected chi connectivity index (χ3v) is 6.60. The molecule has 0 spiro atoms. The van der Waals surface area contributed by atoms with Crippen LogP contribution in [0.1, 0.15) is 49.6 Å². The molecule has 4 heteroatoms. The highest BCUT2D eigenvalue weighted by Gasteiger charge is 2.26. The molecule has 2 aliphatic rings. The van der Waals surface area contributed by atoms with Gasteiger partial charge in [-0.05, 0) is 55.8 Å². The summed E-state index contributed by atoms with van der Waals surface area (Å²) in [7, 11) is 2.23. The maximum absolute atomic E-state index is 5.01. The standard InChI is InChI=1S/C20H27N3S/c1-13-4-6-17(21-10-13)15-5-7-19-18(9-15)22-20(24-19)16-8-14(2)11-23(3)12-16/h5,7,9,13-14,16H,4,6,8,10-12H2,1-3H3/t13-,14?,16?/m0/s1. The molecule has 3 heterocycles. The highest BCUT2D eigenvalue weighted by Crippen LogP contribution is 2.35. The number of aromatic nitrogens is 1. The van der Waals surface area contributed by atoms with Crippen LogP contribution in [0.25, 0.3) is 10.2 Å². The van der Waals surface area contributed by atoms with Crippen molar-refractivity contribution in [3.05, 3.63) is 28.8 Å². The number of piperidine rings is 1. The van der Waals surface area contributed by atoms with E-state index in [0.29, 0.717) is 5.92 Å². The van der Waals surface area contributed by atoms with E-state index in [1.54, 1.807) is 0 Å². The molecule has 0 saturated carbocycles. The van der Waals surface area contributed by atoms with Gasteiger partial charge in [0.2, 0.25) is 0 Å². The number of aliphatic imine (C=N–C) groups is 1. The lowest BCUT2D eigenvalue weighted by molar-refractivity contribution is 0.198. The van der Waals surface area contributed by atoms with Crippen molar-refractivity contribution in [1.29, 1.82) is 0 Å². The Morgan fingerprint density at radius 1 is 1.17 bits per heavy atom. The van der Waals surface area contributed by atoms with Crippen LogP contribution in [0.3, 0.4) is 0 Å². The molecule has 0 bridgehead atoms. The van der Waals surface area contributed by atoms with E-state index in [0.717, 1.165) is 36.9 Å². The Hall–Kier alpha value is -1.26. The second-order valence-corrected chi connectivity index (χ2v) is 8.99. The maximum atomic E-state index is 5.01. The van der Waals surface area contributed by atoms with E-state index in [9.17, 15) is 0 Å². The quantitative estimate of drug-likeness (QED) is 0.800. The van der Waals surface area contributed by atoms with Crippen LogP contribution in [0.15, 0.2) is 23.2 Å². The molecule has 1 aromatic carbocycles. The molecule has 1 saturated heterocycles. The predicted molar refractivity (Wildman–Crippen MR) is 103 cm³/mol. The lowest BCUT2D eigenvalue weighted by atomic mass is 9.91. The fraction of sp³-hybridized carbons (Fsp3) is 0.600. The number of likely N-dealkylation sites (tertiary alicyclic amines) is 1. The largest absolute Gasteiger partial charge is 0.305 e. The van der Waals surface area contributed by atoms with Crippen molar-refractivity contribution in [2.24, 2.45) is 16.8 Å². The van der Waals surface area contributed by atoms with Gasteiger partial charge in [0.15, 0.2) is 0 Å². The van der Waals surface area contributed by atoms with Crippen LogP contribution >= 0.6 is 11.3 Å². The van der Waals surface area contributed by atoms with Crippen LogP contribution < -0.4 is 0 Å². The molecule has 2 aliphatic heterocycles. The first-order valence-electron chi connectivity index (χ1n) is 9.21. The molecular formula is C20H27N3S. The fourth-order valence-electron chi connectivity index (χ4n) is 4.15. The number of likely N-dealkylation sites (N-methyl/N-ethyl adjacent to an activating group) is 1. The molecule has 1 fully saturated rings. The minimum atomic E-state index is 0.590. The molecule has 0 aliphatic carbocycles. The molecule has 2 aromatic rings. The van der Waals surface area contributed by atoms with Crippen LogP contribution in [-0.2, 0) is 0 Å². The number of hydrogen-bond donors (Lipinski definition) is 0. The number of fused-ring (bicyclic) bond motifs is 1. The number of thiazole rings is 1. The predicted octanol–water partition coefficient (Wildman–Crippen LogP) is 4.57. The summed E-state index contributed by atoms with van der Waals surface area (Å²) >= 11 is 1.89. The molecule has 3 nitrogen and oxygen atoms in total. The summed E-state index contributed by atoms with van der Waals surface area (Å²) in [5.74, 6) is 2.08. The van der Waals surface area contributed by atoms with Gasteiger partial charge in [0.05, 0.1) is 15.2 Å². The zero-order valence-electron chi connectivity index (χ0n) is 15.0. The zero-order valence-corrected chi connectivity index (χ0v) is 15.8. The molecule has 4 rings (SSSR count). The van der Waals surface area contributed by atoms with Crippen molar-refractivity contribution in [3.63, 3.8) is 0 Å². The summed E-state index contributed by atoms with van der Waals surface area (Å²) in [5, 5.41) is 1.32. The molecule has 128 valence electrons. The Kier molecular flexibility index (Phi) is 4.44. The molecule has 1 aromatic heterocycles. The summed E-state index contributed by atoms with van der Waals surface area (Å²) in [6.45, 7) is 7.97. The molecule has 0 radical (unpaired) electrons. The van der Waals surface area contributed by atoms with Gasteiger partial charge in [-0.1, -0.05) is 19.9 Å². The average Bonchev–Trinajstić information content (AvgIpc) is 2.98. The Balaban J connectivity index is 1.62. The van der Waals surface area contributed by atoms with Gasteiger partial charge in [-0.15, -0.1) is 11.3 Å². The highest BCUT2D eigenvalue weighted by atomic mass is 32.1. The fourth-order valence-corrected chi connectivity index (χ4v) is 5.20. The second-order valence-electron chi connectivity index (χ2n) is 7.92. The van der Waals surface area contributed by atoms with Crippen LogP contribution in [0.5, 0.6) is 0 Å². The summed E-state index contributed by atoms with van der Waals surface area (Å²) in [6.07, 6.45) is 3.63. The van der Waals surface area contributed by atoms with Crippen molar-refractivity contribution in [2.75, 3.05) is 26.7 Å². The lowest BCUT2D eigenvalue weighted by Crippen LogP contribution is -2.35. The van der Waals surface area contributed by atoms with Crippen LogP contribution in [0.4, 0.5) is 0 Å². The second kappa shape index (κ2) is 6.57. The third-order valence-electron chi connectivity index (χ3n) is 5.40. The molecule has 2 unspecified atom stereocenters. The third kappa shape index (κ3) is 3.27. The van der Waals surface area contributed by atoms with E-state index in [1.165, 1.54) is 40.4 Å². The summed E-state index contributed by atoms with van der Waals surface area (Å²) in [4.78, 5) is 12.3. The van der Waals surface area contributed by atoms with Crippen molar-refractivity contribution >= 4 is 27.3 Å². The smallest absolute Gasteiger partial charge is 0.0982 e. The van der Waals surface area contributed by atoms with Gasteiger partial charge in [-0.2, -0.15) is 0 Å². The van der Waals surface area contributed by atoms with Crippen LogP contribution in [-0.4, -0.2) is 42.3 Å². The van der Waals surface area contributed by atoms with E-state index in [2.05, 4.69) is 44.0 Å². The first-order valence-corrected chi connectivity index (χ1v) is 10.0. The van der Waals surface area contributed by atoms with Gasteiger partial charge in [0.25, 0.3) is 0 Å². The first-order chi connectivity index (χ1) is 11.6. The van der Waals surface area contributed by atoms with Gasteiger partial charge in [-0.25, -0.2) is 4.98 Å². The van der Waals surface area contributed by atoms with E-state index < -0.39 is 0 Å². The van der Waals surface area contributed by atoms with Crippen molar-refractivity contribution in [3.8, 4) is 0 Å². The van der Waals surface area contributed by atoms with Gasteiger partial charge >= 0.3 is 0 Å².